The van der Waals surface area contributed by atoms with Crippen molar-refractivity contribution in [2.75, 3.05) is 27.3 Å². The van der Waals surface area contributed by atoms with E-state index in [0.29, 0.717) is 5.92 Å². The molecule has 1 fully saturated rings. The molecule has 0 aromatic heterocycles. The molecule has 1 atom stereocenters. The van der Waals surface area contributed by atoms with Crippen LogP contribution in [-0.2, 0) is 6.42 Å². The van der Waals surface area contributed by atoms with Crippen molar-refractivity contribution in [1.29, 1.82) is 0 Å². The van der Waals surface area contributed by atoms with Gasteiger partial charge in [-0.05, 0) is 72.8 Å². The van der Waals surface area contributed by atoms with E-state index in [-0.39, 0.29) is 0 Å². The molecule has 0 amide bonds. The third kappa shape index (κ3) is 3.23. The highest BCUT2D eigenvalue weighted by molar-refractivity contribution is 9.10. The largest absolute Gasteiger partial charge is 0.496 e. The van der Waals surface area contributed by atoms with Gasteiger partial charge in [0.25, 0.3) is 0 Å². The first-order valence-electron chi connectivity index (χ1n) is 6.78. The zero-order valence-electron chi connectivity index (χ0n) is 11.9. The Bertz CT molecular complexity index is 442. The lowest BCUT2D eigenvalue weighted by Crippen LogP contribution is -2.31. The van der Waals surface area contributed by atoms with Gasteiger partial charge in [-0.15, -0.1) is 0 Å². The number of rotatable bonds is 4. The highest BCUT2D eigenvalue weighted by Gasteiger charge is 2.21. The van der Waals surface area contributed by atoms with E-state index in [1.807, 2.05) is 6.92 Å². The Morgan fingerprint density at radius 1 is 1.37 bits per heavy atom. The van der Waals surface area contributed by atoms with Crippen LogP contribution in [0.2, 0.25) is 0 Å². The number of methoxy groups -OCH3 is 2. The number of ether oxygens (including phenoxy) is 2. The maximum absolute atomic E-state index is 5.54. The molecule has 2 rings (SSSR count). The summed E-state index contributed by atoms with van der Waals surface area (Å²) in [7, 11) is 3.45. The van der Waals surface area contributed by atoms with E-state index in [1.54, 1.807) is 14.2 Å². The Hall–Kier alpha value is -0.740. The molecule has 1 aliphatic rings. The number of nitrogens with one attached hydrogen (secondary N) is 1. The van der Waals surface area contributed by atoms with Crippen molar-refractivity contribution in [1.82, 2.24) is 5.32 Å². The van der Waals surface area contributed by atoms with Crippen molar-refractivity contribution in [3.05, 3.63) is 21.7 Å². The first kappa shape index (κ1) is 14.7. The monoisotopic (exact) mass is 327 g/mol. The fraction of sp³-hybridized carbons (Fsp3) is 0.600. The molecule has 0 spiro atoms. The molecule has 0 bridgehead atoms. The molecule has 1 heterocycles. The number of benzene rings is 1. The lowest BCUT2D eigenvalue weighted by molar-refractivity contribution is 0.359. The van der Waals surface area contributed by atoms with Crippen molar-refractivity contribution >= 4 is 15.9 Å². The second-order valence-electron chi connectivity index (χ2n) is 5.14. The van der Waals surface area contributed by atoms with Crippen molar-refractivity contribution in [3.63, 3.8) is 0 Å². The molecule has 0 saturated carbocycles. The van der Waals surface area contributed by atoms with Gasteiger partial charge in [0.15, 0.2) is 0 Å². The molecule has 1 aromatic rings. The molecule has 106 valence electrons. The number of hydrogen-bond donors (Lipinski definition) is 1. The number of piperidine rings is 1. The van der Waals surface area contributed by atoms with Gasteiger partial charge in [0.1, 0.15) is 11.5 Å². The molecule has 1 unspecified atom stereocenters. The van der Waals surface area contributed by atoms with E-state index in [4.69, 9.17) is 9.47 Å². The van der Waals surface area contributed by atoms with Gasteiger partial charge in [-0.25, -0.2) is 0 Å². The van der Waals surface area contributed by atoms with E-state index in [9.17, 15) is 0 Å². The molecule has 0 radical (unpaired) electrons. The Morgan fingerprint density at radius 3 is 2.74 bits per heavy atom. The average molecular weight is 328 g/mol. The van der Waals surface area contributed by atoms with Crippen molar-refractivity contribution in [2.24, 2.45) is 5.92 Å². The maximum Gasteiger partial charge on any atom is 0.136 e. The summed E-state index contributed by atoms with van der Waals surface area (Å²) >= 11 is 3.69. The summed E-state index contributed by atoms with van der Waals surface area (Å²) in [6.45, 7) is 4.27. The average Bonchev–Trinajstić information content (AvgIpc) is 2.43. The SMILES string of the molecule is COc1cc(C)c(OC)c(Br)c1CC1CCCNC1. The number of aryl methyl sites for hydroxylation is 1. The first-order valence-corrected chi connectivity index (χ1v) is 7.57. The molecule has 19 heavy (non-hydrogen) atoms. The van der Waals surface area contributed by atoms with Crippen LogP contribution in [0.25, 0.3) is 0 Å². The Balaban J connectivity index is 2.31. The van der Waals surface area contributed by atoms with E-state index < -0.39 is 0 Å². The molecular weight excluding hydrogens is 306 g/mol. The second-order valence-corrected chi connectivity index (χ2v) is 5.93. The van der Waals surface area contributed by atoms with E-state index in [2.05, 4.69) is 27.3 Å². The minimum absolute atomic E-state index is 0.673. The lowest BCUT2D eigenvalue weighted by atomic mass is 9.91. The van der Waals surface area contributed by atoms with E-state index >= 15 is 0 Å². The van der Waals surface area contributed by atoms with Crippen LogP contribution in [0.15, 0.2) is 10.5 Å². The van der Waals surface area contributed by atoms with Gasteiger partial charge in [0, 0.05) is 5.56 Å². The summed E-state index contributed by atoms with van der Waals surface area (Å²) in [5, 5.41) is 3.46. The molecular formula is C15H22BrNO2. The minimum atomic E-state index is 0.673. The molecule has 4 heteroatoms. The van der Waals surface area contributed by atoms with E-state index in [0.717, 1.165) is 41.0 Å². The van der Waals surface area contributed by atoms with Crippen LogP contribution in [0.5, 0.6) is 11.5 Å². The minimum Gasteiger partial charge on any atom is -0.496 e. The first-order chi connectivity index (χ1) is 9.17. The number of halogens is 1. The van der Waals surface area contributed by atoms with Crippen LogP contribution < -0.4 is 14.8 Å². The standard InChI is InChI=1S/C15H22BrNO2/c1-10-7-13(18-2)12(14(16)15(10)19-3)8-11-5-4-6-17-9-11/h7,11,17H,4-6,8-9H2,1-3H3. The predicted molar refractivity (Wildman–Crippen MR) is 81.3 cm³/mol. The molecule has 1 aliphatic heterocycles. The quantitative estimate of drug-likeness (QED) is 0.920. The van der Waals surface area contributed by atoms with Crippen LogP contribution in [0, 0.1) is 12.8 Å². The topological polar surface area (TPSA) is 30.5 Å². The zero-order valence-corrected chi connectivity index (χ0v) is 13.5. The zero-order chi connectivity index (χ0) is 13.8. The summed E-state index contributed by atoms with van der Waals surface area (Å²) in [5.74, 6) is 2.54. The lowest BCUT2D eigenvalue weighted by Gasteiger charge is -2.25. The summed E-state index contributed by atoms with van der Waals surface area (Å²) in [6, 6.07) is 2.06. The van der Waals surface area contributed by atoms with Gasteiger partial charge in [0.2, 0.25) is 0 Å². The van der Waals surface area contributed by atoms with Crippen LogP contribution in [-0.4, -0.2) is 27.3 Å². The summed E-state index contributed by atoms with van der Waals surface area (Å²) in [5.41, 5.74) is 2.32. The van der Waals surface area contributed by atoms with Crippen LogP contribution >= 0.6 is 15.9 Å². The molecule has 1 saturated heterocycles. The molecule has 1 aromatic carbocycles. The van der Waals surface area contributed by atoms with Gasteiger partial charge in [-0.2, -0.15) is 0 Å². The highest BCUT2D eigenvalue weighted by atomic mass is 79.9. The smallest absolute Gasteiger partial charge is 0.136 e. The van der Waals surface area contributed by atoms with Gasteiger partial charge < -0.3 is 14.8 Å². The Morgan fingerprint density at radius 2 is 2.16 bits per heavy atom. The third-order valence-electron chi connectivity index (χ3n) is 3.78. The highest BCUT2D eigenvalue weighted by Crippen LogP contribution is 2.39. The number of hydrogen-bond acceptors (Lipinski definition) is 3. The van der Waals surface area contributed by atoms with Gasteiger partial charge in [-0.1, -0.05) is 0 Å². The van der Waals surface area contributed by atoms with Crippen molar-refractivity contribution < 1.29 is 9.47 Å². The van der Waals surface area contributed by atoms with Crippen LogP contribution in [0.4, 0.5) is 0 Å². The molecule has 1 N–H and O–H groups in total. The maximum atomic E-state index is 5.54. The third-order valence-corrected chi connectivity index (χ3v) is 4.62. The fourth-order valence-electron chi connectivity index (χ4n) is 2.78. The normalized spacial score (nSPS) is 19.3. The summed E-state index contributed by atoms with van der Waals surface area (Å²) in [6.07, 6.45) is 3.56. The summed E-state index contributed by atoms with van der Waals surface area (Å²) < 4.78 is 12.1. The van der Waals surface area contributed by atoms with Crippen LogP contribution in [0.3, 0.4) is 0 Å². The summed E-state index contributed by atoms with van der Waals surface area (Å²) in [4.78, 5) is 0. The fourth-order valence-corrected chi connectivity index (χ4v) is 3.61. The molecule has 3 nitrogen and oxygen atoms in total. The van der Waals surface area contributed by atoms with E-state index in [1.165, 1.54) is 18.4 Å². The molecule has 0 aliphatic carbocycles. The van der Waals surface area contributed by atoms with Gasteiger partial charge in [-0.3, -0.25) is 0 Å². The van der Waals surface area contributed by atoms with Crippen molar-refractivity contribution in [3.8, 4) is 11.5 Å². The van der Waals surface area contributed by atoms with Crippen molar-refractivity contribution in [2.45, 2.75) is 26.2 Å². The van der Waals surface area contributed by atoms with Crippen LogP contribution in [0.1, 0.15) is 24.0 Å². The predicted octanol–water partition coefficient (Wildman–Crippen LogP) is 3.32. The Kier molecular flexibility index (Phi) is 5.11. The second kappa shape index (κ2) is 6.62. The van der Waals surface area contributed by atoms with Gasteiger partial charge in [0.05, 0.1) is 18.7 Å². The Labute approximate surface area is 123 Å². The van der Waals surface area contributed by atoms with Gasteiger partial charge >= 0.3 is 0 Å².